The van der Waals surface area contributed by atoms with Crippen LogP contribution in [0, 0.1) is 6.92 Å². The standard InChI is InChI=1S/C7H8.C4H8O.C4H10O/c1-7-5-3-2-4-6-7;1-2-4-5-3-1;1-3-5-4-2/h2-6H,1H3;1-4H2;3-4H2,1-2H3. The molecule has 0 bridgehead atoms. The molecule has 1 fully saturated rings. The van der Waals surface area contributed by atoms with Gasteiger partial charge in [-0.15, -0.1) is 0 Å². The fourth-order valence-electron chi connectivity index (χ4n) is 1.25. The second-order valence-corrected chi connectivity index (χ2v) is 3.76. The quantitative estimate of drug-likeness (QED) is 0.779. The lowest BCUT2D eigenvalue weighted by atomic mass is 10.2. The third kappa shape index (κ3) is 13.1. The van der Waals surface area contributed by atoms with E-state index < -0.39 is 0 Å². The zero-order valence-corrected chi connectivity index (χ0v) is 11.4. The van der Waals surface area contributed by atoms with E-state index in [0.717, 1.165) is 26.4 Å². The molecule has 0 atom stereocenters. The third-order valence-electron chi connectivity index (χ3n) is 2.18. The fraction of sp³-hybridized carbons (Fsp3) is 0.600. The van der Waals surface area contributed by atoms with Crippen LogP contribution in [0.2, 0.25) is 0 Å². The van der Waals surface area contributed by atoms with Crippen LogP contribution in [0.5, 0.6) is 0 Å². The molecule has 0 aromatic heterocycles. The second kappa shape index (κ2) is 13.2. The molecular formula is C15H26O2. The zero-order valence-electron chi connectivity index (χ0n) is 11.4. The first-order valence-electron chi connectivity index (χ1n) is 6.48. The van der Waals surface area contributed by atoms with Crippen LogP contribution < -0.4 is 0 Å². The van der Waals surface area contributed by atoms with Gasteiger partial charge < -0.3 is 9.47 Å². The number of hydrogen-bond acceptors (Lipinski definition) is 2. The SMILES string of the molecule is C1CCOC1.CCOCC.Cc1ccccc1. The highest BCUT2D eigenvalue weighted by atomic mass is 16.5. The van der Waals surface area contributed by atoms with Gasteiger partial charge in [-0.3, -0.25) is 0 Å². The van der Waals surface area contributed by atoms with E-state index in [0.29, 0.717) is 0 Å². The zero-order chi connectivity index (χ0) is 12.8. The van der Waals surface area contributed by atoms with Gasteiger partial charge in [-0.25, -0.2) is 0 Å². The molecule has 2 nitrogen and oxygen atoms in total. The van der Waals surface area contributed by atoms with Gasteiger partial charge >= 0.3 is 0 Å². The molecular weight excluding hydrogens is 212 g/mol. The second-order valence-electron chi connectivity index (χ2n) is 3.76. The summed E-state index contributed by atoms with van der Waals surface area (Å²) in [6, 6.07) is 10.3. The minimum atomic E-state index is 0.844. The van der Waals surface area contributed by atoms with Gasteiger partial charge in [-0.2, -0.15) is 0 Å². The van der Waals surface area contributed by atoms with Crippen LogP contribution in [0.25, 0.3) is 0 Å². The maximum Gasteiger partial charge on any atom is 0.0466 e. The summed E-state index contributed by atoms with van der Waals surface area (Å²) in [6.07, 6.45) is 2.56. The monoisotopic (exact) mass is 238 g/mol. The van der Waals surface area contributed by atoms with E-state index in [1.807, 2.05) is 32.0 Å². The molecule has 1 aromatic carbocycles. The highest BCUT2D eigenvalue weighted by Crippen LogP contribution is 1.98. The summed E-state index contributed by atoms with van der Waals surface area (Å²) in [5.41, 5.74) is 1.32. The summed E-state index contributed by atoms with van der Waals surface area (Å²) in [6.45, 7) is 9.75. The van der Waals surface area contributed by atoms with Gasteiger partial charge in [0.15, 0.2) is 0 Å². The molecule has 2 rings (SSSR count). The van der Waals surface area contributed by atoms with Gasteiger partial charge in [0.25, 0.3) is 0 Å². The predicted molar refractivity (Wildman–Crippen MR) is 73.4 cm³/mol. The van der Waals surface area contributed by atoms with Crippen molar-refractivity contribution in [2.24, 2.45) is 0 Å². The molecule has 1 saturated heterocycles. The molecule has 1 aliphatic rings. The molecule has 0 N–H and O–H groups in total. The Hall–Kier alpha value is -0.860. The van der Waals surface area contributed by atoms with E-state index in [4.69, 9.17) is 9.47 Å². The number of rotatable bonds is 2. The van der Waals surface area contributed by atoms with Crippen LogP contribution in [-0.4, -0.2) is 26.4 Å². The Morgan fingerprint density at radius 1 is 1.00 bits per heavy atom. The Bertz CT molecular complexity index is 220. The molecule has 0 amide bonds. The van der Waals surface area contributed by atoms with Crippen molar-refractivity contribution >= 4 is 0 Å². The van der Waals surface area contributed by atoms with Crippen molar-refractivity contribution in [3.63, 3.8) is 0 Å². The Morgan fingerprint density at radius 3 is 1.71 bits per heavy atom. The van der Waals surface area contributed by atoms with E-state index in [1.165, 1.54) is 18.4 Å². The van der Waals surface area contributed by atoms with Crippen molar-refractivity contribution in [3.8, 4) is 0 Å². The lowest BCUT2D eigenvalue weighted by Crippen LogP contribution is -1.84. The Morgan fingerprint density at radius 2 is 1.53 bits per heavy atom. The first kappa shape index (κ1) is 16.1. The van der Waals surface area contributed by atoms with Crippen LogP contribution in [0.15, 0.2) is 30.3 Å². The van der Waals surface area contributed by atoms with E-state index in [2.05, 4.69) is 19.1 Å². The molecule has 1 aliphatic heterocycles. The minimum Gasteiger partial charge on any atom is -0.382 e. The summed E-state index contributed by atoms with van der Waals surface area (Å²) in [5.74, 6) is 0. The van der Waals surface area contributed by atoms with Crippen LogP contribution in [0.4, 0.5) is 0 Å². The van der Waals surface area contributed by atoms with Gasteiger partial charge in [0, 0.05) is 26.4 Å². The molecule has 0 unspecified atom stereocenters. The van der Waals surface area contributed by atoms with Crippen LogP contribution >= 0.6 is 0 Å². The molecule has 17 heavy (non-hydrogen) atoms. The highest BCUT2D eigenvalue weighted by molar-refractivity contribution is 5.11. The number of ether oxygens (including phenoxy) is 2. The fourth-order valence-corrected chi connectivity index (χ4v) is 1.25. The van der Waals surface area contributed by atoms with E-state index in [1.54, 1.807) is 0 Å². The Kier molecular flexibility index (Phi) is 12.5. The largest absolute Gasteiger partial charge is 0.382 e. The lowest BCUT2D eigenvalue weighted by Gasteiger charge is -1.86. The van der Waals surface area contributed by atoms with Gasteiger partial charge in [-0.1, -0.05) is 35.9 Å². The maximum absolute atomic E-state index is 4.94. The molecule has 1 aromatic rings. The van der Waals surface area contributed by atoms with Gasteiger partial charge in [-0.05, 0) is 33.6 Å². The molecule has 98 valence electrons. The molecule has 0 spiro atoms. The van der Waals surface area contributed by atoms with Crippen molar-refractivity contribution in [1.29, 1.82) is 0 Å². The Balaban J connectivity index is 0.000000232. The molecule has 0 aliphatic carbocycles. The average molecular weight is 238 g/mol. The summed E-state index contributed by atoms with van der Waals surface area (Å²) in [7, 11) is 0. The van der Waals surface area contributed by atoms with Crippen molar-refractivity contribution in [1.82, 2.24) is 0 Å². The molecule has 0 saturated carbocycles. The van der Waals surface area contributed by atoms with Gasteiger partial charge in [0.2, 0.25) is 0 Å². The molecule has 1 heterocycles. The first-order chi connectivity index (χ1) is 8.31. The topological polar surface area (TPSA) is 18.5 Å². The molecule has 0 radical (unpaired) electrons. The van der Waals surface area contributed by atoms with Crippen LogP contribution in [0.3, 0.4) is 0 Å². The normalized spacial score (nSPS) is 13.1. The van der Waals surface area contributed by atoms with E-state index >= 15 is 0 Å². The summed E-state index contributed by atoms with van der Waals surface area (Å²) < 4.78 is 9.78. The number of aryl methyl sites for hydroxylation is 1. The van der Waals surface area contributed by atoms with Crippen molar-refractivity contribution in [2.75, 3.05) is 26.4 Å². The van der Waals surface area contributed by atoms with Crippen molar-refractivity contribution in [2.45, 2.75) is 33.6 Å². The molecule has 2 heteroatoms. The summed E-state index contributed by atoms with van der Waals surface area (Å²) >= 11 is 0. The highest BCUT2D eigenvalue weighted by Gasteiger charge is 1.94. The predicted octanol–water partition coefficient (Wildman–Crippen LogP) is 3.83. The smallest absolute Gasteiger partial charge is 0.0466 e. The minimum absolute atomic E-state index is 0.844. The maximum atomic E-state index is 4.94. The van der Waals surface area contributed by atoms with Crippen molar-refractivity contribution < 1.29 is 9.47 Å². The number of benzene rings is 1. The van der Waals surface area contributed by atoms with Gasteiger partial charge in [0.1, 0.15) is 0 Å². The van der Waals surface area contributed by atoms with Crippen LogP contribution in [0.1, 0.15) is 32.3 Å². The first-order valence-corrected chi connectivity index (χ1v) is 6.48. The van der Waals surface area contributed by atoms with Crippen molar-refractivity contribution in [3.05, 3.63) is 35.9 Å². The van der Waals surface area contributed by atoms with Crippen LogP contribution in [-0.2, 0) is 9.47 Å². The Labute approximate surface area is 106 Å². The third-order valence-corrected chi connectivity index (χ3v) is 2.18. The summed E-state index contributed by atoms with van der Waals surface area (Å²) in [5, 5.41) is 0. The summed E-state index contributed by atoms with van der Waals surface area (Å²) in [4.78, 5) is 0. The van der Waals surface area contributed by atoms with E-state index in [9.17, 15) is 0 Å². The average Bonchev–Trinajstić information content (AvgIpc) is 2.90. The van der Waals surface area contributed by atoms with E-state index in [-0.39, 0.29) is 0 Å². The lowest BCUT2D eigenvalue weighted by molar-refractivity contribution is 0.162. The number of hydrogen-bond donors (Lipinski definition) is 0. The van der Waals surface area contributed by atoms with Gasteiger partial charge in [0.05, 0.1) is 0 Å².